The average molecular weight is 203 g/mol. The summed E-state index contributed by atoms with van der Waals surface area (Å²) in [5.41, 5.74) is -0.458. The number of hydrogen-bond acceptors (Lipinski definition) is 3. The maximum atomic E-state index is 11.2. The molecule has 0 aromatic carbocycles. The highest BCUT2D eigenvalue weighted by Crippen LogP contribution is 2.07. The van der Waals surface area contributed by atoms with Gasteiger partial charge in [0.2, 0.25) is 0 Å². The third-order valence-corrected chi connectivity index (χ3v) is 1.56. The summed E-state index contributed by atoms with van der Waals surface area (Å²) in [6.07, 6.45) is 1.05. The molecule has 2 N–H and O–H groups in total. The lowest BCUT2D eigenvalue weighted by atomic mass is 10.2. The molecular weight excluding hydrogens is 182 g/mol. The van der Waals surface area contributed by atoms with Crippen LogP contribution in [0.4, 0.5) is 4.79 Å². The summed E-state index contributed by atoms with van der Waals surface area (Å²) < 4.78 is 5.08. The van der Waals surface area contributed by atoms with Crippen LogP contribution in [0.3, 0.4) is 0 Å². The Morgan fingerprint density at radius 2 is 2.07 bits per heavy atom. The first-order valence-corrected chi connectivity index (χ1v) is 4.95. The third kappa shape index (κ3) is 7.86. The normalized spacial score (nSPS) is 13.5. The largest absolute Gasteiger partial charge is 0.444 e. The van der Waals surface area contributed by atoms with E-state index in [9.17, 15) is 4.79 Å². The second kappa shape index (κ2) is 5.86. The fourth-order valence-electron chi connectivity index (χ4n) is 0.978. The molecule has 14 heavy (non-hydrogen) atoms. The van der Waals surface area contributed by atoms with Crippen molar-refractivity contribution in [1.29, 1.82) is 0 Å². The summed E-state index contributed by atoms with van der Waals surface area (Å²) in [4.78, 5) is 11.2. The molecule has 0 saturated carbocycles. The summed E-state index contributed by atoms with van der Waals surface area (Å²) in [6.45, 7) is 7.51. The van der Waals surface area contributed by atoms with E-state index in [4.69, 9.17) is 9.84 Å². The van der Waals surface area contributed by atoms with Gasteiger partial charge in [-0.3, -0.25) is 0 Å². The van der Waals surface area contributed by atoms with E-state index in [-0.39, 0.29) is 12.6 Å². The highest BCUT2D eigenvalue weighted by Gasteiger charge is 2.17. The molecule has 0 aliphatic rings. The van der Waals surface area contributed by atoms with Crippen molar-refractivity contribution < 1.29 is 14.6 Å². The zero-order chi connectivity index (χ0) is 11.2. The van der Waals surface area contributed by atoms with Crippen LogP contribution in [0.1, 0.15) is 40.5 Å². The van der Waals surface area contributed by atoms with Crippen LogP contribution in [0.15, 0.2) is 0 Å². The summed E-state index contributed by atoms with van der Waals surface area (Å²) in [5, 5.41) is 11.3. The molecule has 1 atom stereocenters. The minimum absolute atomic E-state index is 0.0389. The fraction of sp³-hybridized carbons (Fsp3) is 0.900. The van der Waals surface area contributed by atoms with Crippen molar-refractivity contribution in [2.24, 2.45) is 0 Å². The maximum absolute atomic E-state index is 11.2. The molecule has 4 heteroatoms. The van der Waals surface area contributed by atoms with E-state index in [1.54, 1.807) is 0 Å². The molecule has 0 rings (SSSR count). The molecule has 0 fully saturated rings. The van der Waals surface area contributed by atoms with Crippen LogP contribution in [-0.4, -0.2) is 29.4 Å². The maximum Gasteiger partial charge on any atom is 0.407 e. The van der Waals surface area contributed by atoms with Gasteiger partial charge < -0.3 is 15.2 Å². The van der Waals surface area contributed by atoms with Crippen LogP contribution >= 0.6 is 0 Å². The molecule has 0 saturated heterocycles. The molecule has 84 valence electrons. The van der Waals surface area contributed by atoms with Crippen molar-refractivity contribution in [3.05, 3.63) is 0 Å². The highest BCUT2D eigenvalue weighted by molar-refractivity contribution is 5.67. The number of aliphatic hydroxyl groups is 1. The van der Waals surface area contributed by atoms with Crippen molar-refractivity contribution in [1.82, 2.24) is 5.32 Å². The zero-order valence-corrected chi connectivity index (χ0v) is 9.46. The van der Waals surface area contributed by atoms with Crippen LogP contribution in [0.5, 0.6) is 0 Å². The van der Waals surface area contributed by atoms with Gasteiger partial charge in [-0.05, 0) is 40.5 Å². The van der Waals surface area contributed by atoms with Gasteiger partial charge in [-0.25, -0.2) is 4.79 Å². The quantitative estimate of drug-likeness (QED) is 0.730. The first kappa shape index (κ1) is 13.2. The number of hydrogen-bond donors (Lipinski definition) is 2. The summed E-state index contributed by atoms with van der Waals surface area (Å²) >= 11 is 0. The molecular formula is C10H21NO3. The first-order valence-electron chi connectivity index (χ1n) is 4.95. The van der Waals surface area contributed by atoms with Gasteiger partial charge >= 0.3 is 6.09 Å². The fourth-order valence-corrected chi connectivity index (χ4v) is 0.978. The predicted octanol–water partition coefficient (Wildman–Crippen LogP) is 1.67. The Morgan fingerprint density at radius 3 is 2.50 bits per heavy atom. The van der Waals surface area contributed by atoms with Crippen molar-refractivity contribution >= 4 is 6.09 Å². The van der Waals surface area contributed by atoms with Gasteiger partial charge in [0.05, 0.1) is 0 Å². The van der Waals surface area contributed by atoms with Gasteiger partial charge in [0.1, 0.15) is 5.60 Å². The summed E-state index contributed by atoms with van der Waals surface area (Å²) in [5.74, 6) is 0. The minimum Gasteiger partial charge on any atom is -0.444 e. The third-order valence-electron chi connectivity index (χ3n) is 1.56. The van der Waals surface area contributed by atoms with E-state index in [1.807, 2.05) is 27.7 Å². The molecule has 4 nitrogen and oxygen atoms in total. The molecule has 0 radical (unpaired) electrons. The van der Waals surface area contributed by atoms with Crippen LogP contribution < -0.4 is 5.32 Å². The number of nitrogens with one attached hydrogen (secondary N) is 1. The van der Waals surface area contributed by atoms with Crippen LogP contribution in [0.2, 0.25) is 0 Å². The zero-order valence-electron chi connectivity index (χ0n) is 9.46. The molecule has 0 unspecified atom stereocenters. The molecule has 0 aromatic rings. The lowest BCUT2D eigenvalue weighted by molar-refractivity contribution is 0.0504. The Labute approximate surface area is 85.6 Å². The van der Waals surface area contributed by atoms with Crippen LogP contribution in [0, 0.1) is 0 Å². The Bertz CT molecular complexity index is 175. The van der Waals surface area contributed by atoms with Crippen molar-refractivity contribution in [3.8, 4) is 0 Å². The number of carbonyl (C=O) groups is 1. The standard InChI is InChI=1S/C10H21NO3/c1-8(6-5-7-12)11-9(13)14-10(2,3)4/h8,12H,5-7H2,1-4H3,(H,11,13)/t8-/m1/s1. The number of amides is 1. The Hall–Kier alpha value is -0.770. The van der Waals surface area contributed by atoms with E-state index in [0.717, 1.165) is 6.42 Å². The smallest absolute Gasteiger partial charge is 0.407 e. The second-order valence-electron chi connectivity index (χ2n) is 4.41. The van der Waals surface area contributed by atoms with Gasteiger partial charge in [0, 0.05) is 12.6 Å². The Balaban J connectivity index is 3.71. The molecule has 1 amide bonds. The van der Waals surface area contributed by atoms with Crippen LogP contribution in [0.25, 0.3) is 0 Å². The van der Waals surface area contributed by atoms with Crippen molar-refractivity contribution in [3.63, 3.8) is 0 Å². The van der Waals surface area contributed by atoms with E-state index in [0.29, 0.717) is 6.42 Å². The van der Waals surface area contributed by atoms with E-state index in [2.05, 4.69) is 5.32 Å². The van der Waals surface area contributed by atoms with Crippen LogP contribution in [-0.2, 0) is 4.74 Å². The van der Waals surface area contributed by atoms with E-state index >= 15 is 0 Å². The molecule has 0 spiro atoms. The number of carbonyl (C=O) groups excluding carboxylic acids is 1. The SMILES string of the molecule is C[C@H](CCCO)NC(=O)OC(C)(C)C. The Morgan fingerprint density at radius 1 is 1.50 bits per heavy atom. The molecule has 0 aromatic heterocycles. The number of ether oxygens (including phenoxy) is 1. The highest BCUT2D eigenvalue weighted by atomic mass is 16.6. The molecule has 0 bridgehead atoms. The van der Waals surface area contributed by atoms with Crippen molar-refractivity contribution in [2.45, 2.75) is 52.2 Å². The van der Waals surface area contributed by atoms with Gasteiger partial charge in [0.15, 0.2) is 0 Å². The lowest BCUT2D eigenvalue weighted by Crippen LogP contribution is -2.37. The Kier molecular flexibility index (Phi) is 5.53. The number of rotatable bonds is 4. The van der Waals surface area contributed by atoms with E-state index < -0.39 is 11.7 Å². The van der Waals surface area contributed by atoms with Gasteiger partial charge in [-0.15, -0.1) is 0 Å². The topological polar surface area (TPSA) is 58.6 Å². The average Bonchev–Trinajstić information content (AvgIpc) is 1.96. The summed E-state index contributed by atoms with van der Waals surface area (Å²) in [7, 11) is 0. The predicted molar refractivity (Wildman–Crippen MR) is 55.2 cm³/mol. The number of aliphatic hydroxyl groups excluding tert-OH is 1. The molecule has 0 aliphatic carbocycles. The van der Waals surface area contributed by atoms with E-state index in [1.165, 1.54) is 0 Å². The minimum atomic E-state index is -0.458. The first-order chi connectivity index (χ1) is 6.35. The molecule has 0 aliphatic heterocycles. The number of alkyl carbamates (subject to hydrolysis) is 1. The van der Waals surface area contributed by atoms with Gasteiger partial charge in [-0.1, -0.05) is 0 Å². The summed E-state index contributed by atoms with van der Waals surface area (Å²) in [6, 6.07) is 0.0389. The van der Waals surface area contributed by atoms with Gasteiger partial charge in [0.25, 0.3) is 0 Å². The van der Waals surface area contributed by atoms with Gasteiger partial charge in [-0.2, -0.15) is 0 Å². The molecule has 0 heterocycles. The monoisotopic (exact) mass is 203 g/mol. The lowest BCUT2D eigenvalue weighted by Gasteiger charge is -2.21. The van der Waals surface area contributed by atoms with Crippen molar-refractivity contribution in [2.75, 3.05) is 6.61 Å². The second-order valence-corrected chi connectivity index (χ2v) is 4.41.